The molecule has 2 aromatic carbocycles. The van der Waals surface area contributed by atoms with Crippen molar-refractivity contribution in [1.29, 1.82) is 0 Å². The van der Waals surface area contributed by atoms with Crippen LogP contribution in [0.15, 0.2) is 47.4 Å². The molecule has 5 nitrogen and oxygen atoms in total. The molecule has 0 bridgehead atoms. The predicted molar refractivity (Wildman–Crippen MR) is 112 cm³/mol. The number of rotatable bonds is 6. The maximum absolute atomic E-state index is 13.3. The molecule has 2 aromatic rings. The summed E-state index contributed by atoms with van der Waals surface area (Å²) in [5, 5.41) is 0. The third-order valence-electron chi connectivity index (χ3n) is 5.35. The van der Waals surface area contributed by atoms with Gasteiger partial charge in [0.2, 0.25) is 10.0 Å². The molecule has 1 aliphatic rings. The average molecular weight is 403 g/mol. The first-order valence-corrected chi connectivity index (χ1v) is 11.2. The van der Waals surface area contributed by atoms with Gasteiger partial charge in [-0.1, -0.05) is 44.2 Å². The molecule has 152 valence electrons. The molecule has 1 heterocycles. The summed E-state index contributed by atoms with van der Waals surface area (Å²) >= 11 is 0. The molecule has 0 aliphatic carbocycles. The fourth-order valence-corrected chi connectivity index (χ4v) is 5.36. The number of nitrogens with zero attached hydrogens (tertiary/aromatic N) is 2. The number of sulfonamides is 1. The molecule has 1 aliphatic heterocycles. The van der Waals surface area contributed by atoms with Crippen LogP contribution in [0.3, 0.4) is 0 Å². The second-order valence-electron chi connectivity index (χ2n) is 7.68. The summed E-state index contributed by atoms with van der Waals surface area (Å²) in [6.07, 6.45) is 0. The van der Waals surface area contributed by atoms with E-state index in [1.54, 1.807) is 17.5 Å². The largest absolute Gasteiger partial charge is 0.496 e. The minimum absolute atomic E-state index is 0.187. The van der Waals surface area contributed by atoms with E-state index in [2.05, 4.69) is 17.0 Å². The van der Waals surface area contributed by atoms with Crippen molar-refractivity contribution in [1.82, 2.24) is 9.21 Å². The third kappa shape index (κ3) is 4.40. The lowest BCUT2D eigenvalue weighted by molar-refractivity contribution is 0.181. The lowest BCUT2D eigenvalue weighted by atomic mass is 10.0. The molecule has 28 heavy (non-hydrogen) atoms. The standard InChI is InChI=1S/C22H30N2O3S/c1-17(2)20-15-22(18(3)14-21(20)27-4)28(25,26)24-12-10-23(11-13-24)16-19-8-6-5-7-9-19/h5-9,14-15,17H,10-13,16H2,1-4H3. The Bertz CT molecular complexity index is 903. The highest BCUT2D eigenvalue weighted by Crippen LogP contribution is 2.33. The summed E-state index contributed by atoms with van der Waals surface area (Å²) in [6.45, 7) is 9.28. The molecule has 3 rings (SSSR count). The van der Waals surface area contributed by atoms with Crippen LogP contribution in [0.25, 0.3) is 0 Å². The first-order valence-electron chi connectivity index (χ1n) is 9.78. The highest BCUT2D eigenvalue weighted by molar-refractivity contribution is 7.89. The summed E-state index contributed by atoms with van der Waals surface area (Å²) in [5.74, 6) is 0.936. The van der Waals surface area contributed by atoms with Crippen LogP contribution < -0.4 is 4.74 Å². The van der Waals surface area contributed by atoms with Gasteiger partial charge in [-0.15, -0.1) is 0 Å². The van der Waals surface area contributed by atoms with Gasteiger partial charge < -0.3 is 4.74 Å². The van der Waals surface area contributed by atoms with Crippen molar-refractivity contribution in [2.24, 2.45) is 0 Å². The van der Waals surface area contributed by atoms with Gasteiger partial charge in [-0.3, -0.25) is 4.90 Å². The summed E-state index contributed by atoms with van der Waals surface area (Å²) in [5.41, 5.74) is 2.91. The van der Waals surface area contributed by atoms with Gasteiger partial charge >= 0.3 is 0 Å². The highest BCUT2D eigenvalue weighted by Gasteiger charge is 2.30. The third-order valence-corrected chi connectivity index (χ3v) is 7.39. The molecule has 0 amide bonds. The Morgan fingerprint density at radius 1 is 1.04 bits per heavy atom. The normalized spacial score (nSPS) is 16.5. The zero-order chi connectivity index (χ0) is 20.3. The van der Waals surface area contributed by atoms with E-state index >= 15 is 0 Å². The maximum atomic E-state index is 13.3. The smallest absolute Gasteiger partial charge is 0.243 e. The van der Waals surface area contributed by atoms with Crippen molar-refractivity contribution in [2.45, 2.75) is 38.1 Å². The van der Waals surface area contributed by atoms with Crippen molar-refractivity contribution in [3.63, 3.8) is 0 Å². The van der Waals surface area contributed by atoms with E-state index in [0.29, 0.717) is 18.0 Å². The maximum Gasteiger partial charge on any atom is 0.243 e. The van der Waals surface area contributed by atoms with Gasteiger partial charge in [0, 0.05) is 32.7 Å². The van der Waals surface area contributed by atoms with Crippen molar-refractivity contribution in [3.8, 4) is 5.75 Å². The van der Waals surface area contributed by atoms with Crippen molar-refractivity contribution in [2.75, 3.05) is 33.3 Å². The fourth-order valence-electron chi connectivity index (χ4n) is 3.69. The second kappa shape index (κ2) is 8.64. The van der Waals surface area contributed by atoms with Gasteiger partial charge in [0.25, 0.3) is 0 Å². The van der Waals surface area contributed by atoms with Gasteiger partial charge in [0.15, 0.2) is 0 Å². The molecule has 0 unspecified atom stereocenters. The van der Waals surface area contributed by atoms with Crippen LogP contribution >= 0.6 is 0 Å². The fraction of sp³-hybridized carbons (Fsp3) is 0.455. The number of benzene rings is 2. The molecule has 1 saturated heterocycles. The summed E-state index contributed by atoms with van der Waals surface area (Å²) < 4.78 is 33.7. The SMILES string of the molecule is COc1cc(C)c(S(=O)(=O)N2CCN(Cc3ccccc3)CC2)cc1C(C)C. The zero-order valence-electron chi connectivity index (χ0n) is 17.2. The molecular formula is C22H30N2O3S. The number of methoxy groups -OCH3 is 1. The summed E-state index contributed by atoms with van der Waals surface area (Å²) in [7, 11) is -1.89. The number of piperazine rings is 1. The highest BCUT2D eigenvalue weighted by atomic mass is 32.2. The van der Waals surface area contributed by atoms with Crippen LogP contribution in [0.1, 0.15) is 36.5 Å². The Balaban J connectivity index is 1.76. The van der Waals surface area contributed by atoms with E-state index < -0.39 is 10.0 Å². The van der Waals surface area contributed by atoms with Crippen LogP contribution in [0.5, 0.6) is 5.75 Å². The van der Waals surface area contributed by atoms with Crippen molar-refractivity contribution >= 4 is 10.0 Å². The van der Waals surface area contributed by atoms with Gasteiger partial charge in [-0.05, 0) is 41.7 Å². The number of hydrogen-bond acceptors (Lipinski definition) is 4. The van der Waals surface area contributed by atoms with E-state index in [0.717, 1.165) is 36.5 Å². The number of ether oxygens (including phenoxy) is 1. The van der Waals surface area contributed by atoms with Gasteiger partial charge in [-0.2, -0.15) is 4.31 Å². The molecule has 1 fully saturated rings. The topological polar surface area (TPSA) is 49.9 Å². The van der Waals surface area contributed by atoms with Gasteiger partial charge in [0.1, 0.15) is 5.75 Å². The molecular weight excluding hydrogens is 372 g/mol. The molecule has 0 aromatic heterocycles. The average Bonchev–Trinajstić information content (AvgIpc) is 2.68. The predicted octanol–water partition coefficient (Wildman–Crippen LogP) is 3.63. The minimum atomic E-state index is -3.52. The first-order chi connectivity index (χ1) is 13.3. The van der Waals surface area contributed by atoms with Crippen LogP contribution in [-0.2, 0) is 16.6 Å². The van der Waals surface area contributed by atoms with E-state index in [1.165, 1.54) is 5.56 Å². The Hall–Kier alpha value is -1.89. The van der Waals surface area contributed by atoms with E-state index in [4.69, 9.17) is 4.74 Å². The van der Waals surface area contributed by atoms with Crippen LogP contribution in [0.2, 0.25) is 0 Å². The van der Waals surface area contributed by atoms with Gasteiger partial charge in [0.05, 0.1) is 12.0 Å². The molecule has 0 radical (unpaired) electrons. The lowest BCUT2D eigenvalue weighted by Gasteiger charge is -2.34. The zero-order valence-corrected chi connectivity index (χ0v) is 18.0. The molecule has 0 saturated carbocycles. The van der Waals surface area contributed by atoms with E-state index in [1.807, 2.05) is 45.0 Å². The second-order valence-corrected chi connectivity index (χ2v) is 9.59. The Labute approximate surface area is 169 Å². The quantitative estimate of drug-likeness (QED) is 0.740. The summed E-state index contributed by atoms with van der Waals surface area (Å²) in [6, 6.07) is 13.9. The van der Waals surface area contributed by atoms with E-state index in [-0.39, 0.29) is 5.92 Å². The Morgan fingerprint density at radius 3 is 2.25 bits per heavy atom. The Kier molecular flexibility index (Phi) is 6.43. The molecule has 0 atom stereocenters. The first kappa shape index (κ1) is 20.8. The van der Waals surface area contributed by atoms with Gasteiger partial charge in [-0.25, -0.2) is 8.42 Å². The minimum Gasteiger partial charge on any atom is -0.496 e. The monoisotopic (exact) mass is 402 g/mol. The number of hydrogen-bond donors (Lipinski definition) is 0. The van der Waals surface area contributed by atoms with Crippen molar-refractivity contribution < 1.29 is 13.2 Å². The van der Waals surface area contributed by atoms with Crippen molar-refractivity contribution in [3.05, 3.63) is 59.2 Å². The summed E-state index contributed by atoms with van der Waals surface area (Å²) in [4.78, 5) is 2.70. The molecule has 0 spiro atoms. The van der Waals surface area contributed by atoms with Crippen LogP contribution in [-0.4, -0.2) is 50.9 Å². The van der Waals surface area contributed by atoms with E-state index in [9.17, 15) is 8.42 Å². The lowest BCUT2D eigenvalue weighted by Crippen LogP contribution is -2.48. The molecule has 0 N–H and O–H groups in total. The molecule has 6 heteroatoms. The van der Waals surface area contributed by atoms with Crippen LogP contribution in [0, 0.1) is 6.92 Å². The Morgan fingerprint density at radius 2 is 1.68 bits per heavy atom. The van der Waals surface area contributed by atoms with Crippen LogP contribution in [0.4, 0.5) is 0 Å². The number of aryl methyl sites for hydroxylation is 1.